The third kappa shape index (κ3) is 7.20. The number of esters is 1. The van der Waals surface area contributed by atoms with E-state index in [1.165, 1.54) is 5.56 Å². The van der Waals surface area contributed by atoms with Gasteiger partial charge in [0, 0.05) is 35.8 Å². The molecule has 1 aromatic carbocycles. The number of aliphatic hydroxyl groups excluding tert-OH is 1. The van der Waals surface area contributed by atoms with Crippen LogP contribution in [0.25, 0.3) is 0 Å². The van der Waals surface area contributed by atoms with Gasteiger partial charge in [-0.25, -0.2) is 0 Å². The Morgan fingerprint density at radius 1 is 0.957 bits per heavy atom. The quantitative estimate of drug-likeness (QED) is 0.184. The van der Waals surface area contributed by atoms with E-state index in [2.05, 4.69) is 114 Å². The van der Waals surface area contributed by atoms with Gasteiger partial charge in [-0.1, -0.05) is 75.3 Å². The Hall–Kier alpha value is -1.20. The van der Waals surface area contributed by atoms with Gasteiger partial charge in [0.25, 0.3) is 0 Å². The summed E-state index contributed by atoms with van der Waals surface area (Å²) in [6, 6.07) is 4.44. The van der Waals surface area contributed by atoms with Gasteiger partial charge in [-0.05, 0) is 97.4 Å². The first-order valence-corrected chi connectivity index (χ1v) is 23.9. The van der Waals surface area contributed by atoms with E-state index in [1.54, 1.807) is 7.11 Å². The molecule has 270 valence electrons. The van der Waals surface area contributed by atoms with Crippen molar-refractivity contribution in [2.45, 2.75) is 169 Å². The average Bonchev–Trinajstić information content (AvgIpc) is 2.92. The van der Waals surface area contributed by atoms with E-state index in [1.807, 2.05) is 6.92 Å². The van der Waals surface area contributed by atoms with Gasteiger partial charge in [-0.15, -0.1) is 0 Å². The molecule has 1 aromatic rings. The predicted octanol–water partition coefficient (Wildman–Crippen LogP) is 9.92. The van der Waals surface area contributed by atoms with Gasteiger partial charge < -0.3 is 23.4 Å². The summed E-state index contributed by atoms with van der Waals surface area (Å²) in [6.07, 6.45) is 1.71. The van der Waals surface area contributed by atoms with Gasteiger partial charge in [0.15, 0.2) is 16.6 Å². The van der Waals surface area contributed by atoms with E-state index in [4.69, 9.17) is 18.3 Å². The zero-order valence-corrected chi connectivity index (χ0v) is 35.2. The Balaban J connectivity index is 2.35. The molecule has 0 amide bonds. The molecule has 0 heterocycles. The zero-order valence-electron chi connectivity index (χ0n) is 33.2. The van der Waals surface area contributed by atoms with Crippen LogP contribution >= 0.6 is 0 Å². The standard InChI is InChI=1S/C39H70O6Si2/c1-18-43-31(40)19-20-38(11)30(45-47(16,17)36(7,8)9)25-37(10)28-23-26(2)24-29(42-13)32(28)27(3)33(41)34(37)39(38,12)21-22-44-46(14,15)35(4,5)6/h23-24,27,30,33-34,41H,18-22,25H2,1-17H3/t27-,30+,33-,34+,37+,38-,39+/m1/s1. The lowest BCUT2D eigenvalue weighted by atomic mass is 9.39. The topological polar surface area (TPSA) is 74.2 Å². The fourth-order valence-corrected chi connectivity index (χ4v) is 10.9. The normalized spacial score (nSPS) is 31.6. The van der Waals surface area contributed by atoms with Crippen molar-refractivity contribution in [1.29, 1.82) is 0 Å². The molecule has 1 N–H and O–H groups in total. The molecule has 7 atom stereocenters. The smallest absolute Gasteiger partial charge is 0.305 e. The number of benzene rings is 1. The SMILES string of the molecule is CCOC(=O)CC[C@]1(C)[C@@H](O[Si](C)(C)C(C)(C)C)C[C@@]2(C)c3cc(C)cc(OC)c3[C@@H](C)[C@@H](O)[C@@H]2[C@]1(C)CCO[Si](C)(C)C(C)(C)C. The summed E-state index contributed by atoms with van der Waals surface area (Å²) in [6.45, 7) is 37.3. The van der Waals surface area contributed by atoms with Crippen molar-refractivity contribution in [1.82, 2.24) is 0 Å². The second-order valence-corrected chi connectivity index (χ2v) is 28.2. The van der Waals surface area contributed by atoms with Gasteiger partial charge in [-0.2, -0.15) is 0 Å². The summed E-state index contributed by atoms with van der Waals surface area (Å²) in [7, 11) is -2.58. The van der Waals surface area contributed by atoms with Crippen molar-refractivity contribution in [2.75, 3.05) is 20.3 Å². The van der Waals surface area contributed by atoms with Crippen LogP contribution in [0.15, 0.2) is 12.1 Å². The Morgan fingerprint density at radius 3 is 2.04 bits per heavy atom. The van der Waals surface area contributed by atoms with Crippen molar-refractivity contribution in [3.63, 3.8) is 0 Å². The zero-order chi connectivity index (χ0) is 36.2. The number of hydrogen-bond donors (Lipinski definition) is 1. The molecule has 1 fully saturated rings. The minimum atomic E-state index is -2.27. The van der Waals surface area contributed by atoms with E-state index < -0.39 is 39.0 Å². The van der Waals surface area contributed by atoms with Crippen LogP contribution in [-0.2, 0) is 23.8 Å². The number of aliphatic hydroxyl groups is 1. The number of rotatable bonds is 11. The third-order valence-electron chi connectivity index (χ3n) is 13.7. The van der Waals surface area contributed by atoms with E-state index in [-0.39, 0.29) is 34.0 Å². The van der Waals surface area contributed by atoms with Gasteiger partial charge in [0.2, 0.25) is 0 Å². The minimum Gasteiger partial charge on any atom is -0.496 e. The number of hydrogen-bond acceptors (Lipinski definition) is 6. The predicted molar refractivity (Wildman–Crippen MR) is 200 cm³/mol. The molecular weight excluding hydrogens is 621 g/mol. The van der Waals surface area contributed by atoms with Gasteiger partial charge in [0.05, 0.1) is 25.9 Å². The molecular formula is C39H70O6Si2. The fraction of sp³-hybridized carbons (Fsp3) is 0.821. The lowest BCUT2D eigenvalue weighted by Gasteiger charge is -2.68. The lowest BCUT2D eigenvalue weighted by Crippen LogP contribution is -2.68. The molecule has 2 aliphatic rings. The second kappa shape index (κ2) is 13.5. The van der Waals surface area contributed by atoms with Gasteiger partial charge >= 0.3 is 5.97 Å². The van der Waals surface area contributed by atoms with Crippen LogP contribution in [0.4, 0.5) is 0 Å². The molecule has 1 saturated carbocycles. The van der Waals surface area contributed by atoms with Crippen LogP contribution in [0.5, 0.6) is 5.75 Å². The Morgan fingerprint density at radius 2 is 1.53 bits per heavy atom. The number of carbonyl (C=O) groups is 1. The molecule has 2 aliphatic carbocycles. The Bertz CT molecular complexity index is 1280. The first-order chi connectivity index (χ1) is 21.2. The van der Waals surface area contributed by atoms with Gasteiger partial charge in [-0.3, -0.25) is 4.79 Å². The Labute approximate surface area is 290 Å². The maximum Gasteiger partial charge on any atom is 0.305 e. The van der Waals surface area contributed by atoms with E-state index >= 15 is 0 Å². The minimum absolute atomic E-state index is 0.00690. The highest BCUT2D eigenvalue weighted by Gasteiger charge is 2.68. The largest absolute Gasteiger partial charge is 0.496 e. The number of aryl methyl sites for hydroxylation is 1. The number of methoxy groups -OCH3 is 1. The third-order valence-corrected chi connectivity index (χ3v) is 22.7. The highest BCUT2D eigenvalue weighted by atomic mass is 28.4. The van der Waals surface area contributed by atoms with Crippen molar-refractivity contribution in [3.05, 3.63) is 28.8 Å². The van der Waals surface area contributed by atoms with E-state index in [0.29, 0.717) is 26.1 Å². The molecule has 0 saturated heterocycles. The number of ether oxygens (including phenoxy) is 2. The summed E-state index contributed by atoms with van der Waals surface area (Å²) in [4.78, 5) is 13.0. The maximum absolute atomic E-state index is 13.0. The molecule has 0 aliphatic heterocycles. The monoisotopic (exact) mass is 690 g/mol. The molecule has 0 spiro atoms. The van der Waals surface area contributed by atoms with Gasteiger partial charge in [0.1, 0.15) is 5.75 Å². The van der Waals surface area contributed by atoms with Crippen LogP contribution < -0.4 is 4.74 Å². The lowest BCUT2D eigenvalue weighted by molar-refractivity contribution is -0.200. The van der Waals surface area contributed by atoms with Crippen molar-refractivity contribution in [3.8, 4) is 5.75 Å². The summed E-state index contributed by atoms with van der Waals surface area (Å²) in [5.74, 6) is 0.466. The van der Waals surface area contributed by atoms with Crippen molar-refractivity contribution >= 4 is 22.6 Å². The molecule has 0 unspecified atom stereocenters. The average molecular weight is 691 g/mol. The first-order valence-electron chi connectivity index (χ1n) is 18.1. The molecule has 6 nitrogen and oxygen atoms in total. The summed E-state index contributed by atoms with van der Waals surface area (Å²) < 4.78 is 26.0. The highest BCUT2D eigenvalue weighted by molar-refractivity contribution is 6.74. The summed E-state index contributed by atoms with van der Waals surface area (Å²) in [5.41, 5.74) is 2.26. The van der Waals surface area contributed by atoms with Crippen LogP contribution in [0.2, 0.25) is 36.3 Å². The van der Waals surface area contributed by atoms with Crippen molar-refractivity contribution < 1.29 is 28.2 Å². The molecule has 3 rings (SSSR count). The van der Waals surface area contributed by atoms with Crippen LogP contribution in [-0.4, -0.2) is 60.2 Å². The maximum atomic E-state index is 13.0. The first kappa shape index (κ1) is 40.2. The highest BCUT2D eigenvalue weighted by Crippen LogP contribution is 2.69. The van der Waals surface area contributed by atoms with Crippen LogP contribution in [0, 0.1) is 23.7 Å². The summed E-state index contributed by atoms with van der Waals surface area (Å²) >= 11 is 0. The van der Waals surface area contributed by atoms with E-state index in [0.717, 1.165) is 29.7 Å². The molecule has 47 heavy (non-hydrogen) atoms. The van der Waals surface area contributed by atoms with Crippen LogP contribution in [0.1, 0.15) is 124 Å². The van der Waals surface area contributed by atoms with Crippen LogP contribution in [0.3, 0.4) is 0 Å². The molecule has 8 heteroatoms. The van der Waals surface area contributed by atoms with E-state index in [9.17, 15) is 9.90 Å². The second-order valence-electron chi connectivity index (χ2n) is 18.7. The number of fused-ring (bicyclic) bond motifs is 3. The fourth-order valence-electron chi connectivity index (χ4n) is 8.45. The Kier molecular flexibility index (Phi) is 11.6. The molecule has 0 bridgehead atoms. The summed E-state index contributed by atoms with van der Waals surface area (Å²) in [5, 5.41) is 12.7. The molecule has 0 aromatic heterocycles. The molecule has 0 radical (unpaired) electrons. The number of carbonyl (C=O) groups excluding carboxylic acids is 1. The van der Waals surface area contributed by atoms with Crippen molar-refractivity contribution in [2.24, 2.45) is 16.7 Å².